The zero-order chi connectivity index (χ0) is 46.7. The van der Waals surface area contributed by atoms with Crippen molar-refractivity contribution in [3.63, 3.8) is 0 Å². The number of nitro benzene ring substituents is 2. The van der Waals surface area contributed by atoms with E-state index in [1.54, 1.807) is 54.6 Å². The van der Waals surface area contributed by atoms with Crippen molar-refractivity contribution >= 4 is 82.2 Å². The average molecular weight is 902 g/mol. The van der Waals surface area contributed by atoms with Crippen molar-refractivity contribution in [3.8, 4) is 34.1 Å². The molecule has 0 amide bonds. The second-order valence-corrected chi connectivity index (χ2v) is 17.5. The highest BCUT2D eigenvalue weighted by Gasteiger charge is 2.24. The first kappa shape index (κ1) is 46.1. The summed E-state index contributed by atoms with van der Waals surface area (Å²) < 4.78 is 0. The van der Waals surface area contributed by atoms with Crippen molar-refractivity contribution in [1.82, 2.24) is 0 Å². The van der Waals surface area contributed by atoms with Crippen molar-refractivity contribution in [3.05, 3.63) is 161 Å². The molecule has 14 nitrogen and oxygen atoms in total. The molecule has 0 bridgehead atoms. The van der Waals surface area contributed by atoms with Crippen LogP contribution in [0.1, 0.15) is 74.9 Å². The third kappa shape index (κ3) is 10.4. The van der Waals surface area contributed by atoms with Gasteiger partial charge in [0.05, 0.1) is 43.7 Å². The largest absolute Gasteiger partial charge is 0.507 e. The minimum Gasteiger partial charge on any atom is -0.507 e. The fraction of sp³-hybridized carbons (Fsp3) is 0.167. The van der Waals surface area contributed by atoms with E-state index in [4.69, 9.17) is 28.2 Å². The van der Waals surface area contributed by atoms with Gasteiger partial charge in [-0.25, -0.2) is 0 Å². The van der Waals surface area contributed by atoms with Crippen LogP contribution in [0, 0.1) is 20.2 Å². The first-order valence-corrected chi connectivity index (χ1v) is 20.3. The number of non-ortho nitro benzene ring substituents is 1. The summed E-state index contributed by atoms with van der Waals surface area (Å²) in [7, 11) is 0. The molecule has 0 aromatic heterocycles. The highest BCUT2D eigenvalue weighted by atomic mass is 35.5. The number of phenolic OH excluding ortho intramolecular Hbond substituents is 4. The minimum atomic E-state index is -0.935. The molecule has 0 aliphatic rings. The molecule has 0 radical (unpaired) electrons. The van der Waals surface area contributed by atoms with E-state index < -0.39 is 27.0 Å². The van der Waals surface area contributed by atoms with E-state index in [-0.39, 0.29) is 60.6 Å². The highest BCUT2D eigenvalue weighted by Crippen LogP contribution is 2.41. The quantitative estimate of drug-likeness (QED) is 0.0556. The molecular weight excluding hydrogens is 859 g/mol. The molecular formula is C48H42Cl2N6O8. The number of nitrogens with zero attached hydrogens (tertiary/aromatic N) is 6. The van der Waals surface area contributed by atoms with Gasteiger partial charge >= 0.3 is 5.69 Å². The second kappa shape index (κ2) is 18.5. The molecule has 6 rings (SSSR count). The van der Waals surface area contributed by atoms with E-state index in [9.17, 15) is 40.7 Å². The van der Waals surface area contributed by atoms with Gasteiger partial charge in [0, 0.05) is 58.2 Å². The Balaban J connectivity index is 1.51. The highest BCUT2D eigenvalue weighted by molar-refractivity contribution is 6.36. The molecule has 6 aromatic rings. The van der Waals surface area contributed by atoms with E-state index in [1.807, 2.05) is 59.7 Å². The maximum atomic E-state index is 11.7. The zero-order valence-electron chi connectivity index (χ0n) is 35.4. The van der Waals surface area contributed by atoms with Crippen molar-refractivity contribution in [2.24, 2.45) is 20.0 Å². The van der Waals surface area contributed by atoms with E-state index in [0.29, 0.717) is 45.3 Å². The molecule has 64 heavy (non-hydrogen) atoms. The van der Waals surface area contributed by atoms with Crippen molar-refractivity contribution in [2.45, 2.75) is 52.4 Å². The lowest BCUT2D eigenvalue weighted by Gasteiger charge is -2.21. The first-order chi connectivity index (χ1) is 30.1. The van der Waals surface area contributed by atoms with Crippen LogP contribution in [0.5, 0.6) is 23.0 Å². The monoisotopic (exact) mass is 900 g/mol. The standard InChI is InChI=1S/C48H42Cl2N6O8/c1-47(2,3)35-11-7-9-29(43(35)57)23-51-38-15-13-27(19-40(38)53-25-31-17-33(49)21-37(50)45(31)59)28-14-16-39(52-24-30-10-8-12-36(44(30)58)48(4,5)6)41(20-28)54-26-32-18-34(55(61)62)22-42(46(32)60)56(63)64/h7-26,57-60H,1-6H3. The maximum Gasteiger partial charge on any atom is 0.318 e. The van der Waals surface area contributed by atoms with Crippen LogP contribution < -0.4 is 0 Å². The molecule has 0 spiro atoms. The Kier molecular flexibility index (Phi) is 13.3. The van der Waals surface area contributed by atoms with Gasteiger partial charge in [0.25, 0.3) is 5.69 Å². The predicted molar refractivity (Wildman–Crippen MR) is 254 cm³/mol. The summed E-state index contributed by atoms with van der Waals surface area (Å²) in [6.07, 6.45) is 5.42. The fourth-order valence-electron chi connectivity index (χ4n) is 6.58. The number of halogens is 2. The third-order valence-corrected chi connectivity index (χ3v) is 10.5. The summed E-state index contributed by atoms with van der Waals surface area (Å²) in [4.78, 5) is 40.1. The van der Waals surface area contributed by atoms with Gasteiger partial charge in [-0.1, -0.05) is 101 Å². The number of rotatable bonds is 11. The molecule has 4 N–H and O–H groups in total. The lowest BCUT2D eigenvalue weighted by Crippen LogP contribution is -2.11. The van der Waals surface area contributed by atoms with Crippen LogP contribution in [0.2, 0.25) is 10.0 Å². The minimum absolute atomic E-state index is 0.0242. The van der Waals surface area contributed by atoms with E-state index in [2.05, 4.69) is 15.0 Å². The normalized spacial score (nSPS) is 12.3. The predicted octanol–water partition coefficient (Wildman–Crippen LogP) is 12.9. The molecule has 0 atom stereocenters. The second-order valence-electron chi connectivity index (χ2n) is 16.7. The molecule has 16 heteroatoms. The zero-order valence-corrected chi connectivity index (χ0v) is 36.9. The summed E-state index contributed by atoms with van der Waals surface area (Å²) >= 11 is 12.4. The number of para-hydroxylation sites is 2. The Morgan fingerprint density at radius 1 is 0.500 bits per heavy atom. The Morgan fingerprint density at radius 3 is 1.38 bits per heavy atom. The molecule has 6 aromatic carbocycles. The lowest BCUT2D eigenvalue weighted by molar-refractivity contribution is -0.394. The van der Waals surface area contributed by atoms with Crippen molar-refractivity contribution in [2.75, 3.05) is 0 Å². The number of aromatic hydroxyl groups is 4. The van der Waals surface area contributed by atoms with Crippen LogP contribution >= 0.6 is 23.2 Å². The SMILES string of the molecule is CC(C)(C)c1cccc(C=Nc2ccc(-c3ccc(N=Cc4cccc(C(C)(C)C)c4O)c(N=Cc4cc([N+](=O)[O-])cc([N+](=O)[O-])c4O)c3)cc2N=Cc2cc(Cl)cc(Cl)c2O)c1O. The molecule has 0 aliphatic carbocycles. The summed E-state index contributed by atoms with van der Waals surface area (Å²) in [6.45, 7) is 11.9. The van der Waals surface area contributed by atoms with Crippen molar-refractivity contribution in [1.29, 1.82) is 0 Å². The van der Waals surface area contributed by atoms with Crippen LogP contribution in [0.4, 0.5) is 34.1 Å². The smallest absolute Gasteiger partial charge is 0.318 e. The molecule has 0 saturated heterocycles. The number of benzene rings is 6. The molecule has 0 saturated carbocycles. The number of hydrogen-bond acceptors (Lipinski definition) is 12. The van der Waals surface area contributed by atoms with Gasteiger partial charge in [-0.2, -0.15) is 0 Å². The average Bonchev–Trinajstić information content (AvgIpc) is 3.22. The number of hydrogen-bond donors (Lipinski definition) is 4. The van der Waals surface area contributed by atoms with Gasteiger partial charge in [-0.3, -0.25) is 40.2 Å². The first-order valence-electron chi connectivity index (χ1n) is 19.6. The lowest BCUT2D eigenvalue weighted by atomic mass is 9.85. The van der Waals surface area contributed by atoms with Crippen LogP contribution in [0.3, 0.4) is 0 Å². The Hall–Kier alpha value is -7.42. The number of aliphatic imine (C=N–C) groups is 4. The van der Waals surface area contributed by atoms with E-state index >= 15 is 0 Å². The maximum absolute atomic E-state index is 11.7. The van der Waals surface area contributed by atoms with Gasteiger partial charge in [0.1, 0.15) is 17.2 Å². The van der Waals surface area contributed by atoms with Crippen LogP contribution in [0.15, 0.2) is 117 Å². The summed E-state index contributed by atoms with van der Waals surface area (Å²) in [5, 5.41) is 67.4. The number of nitro groups is 2. The van der Waals surface area contributed by atoms with Gasteiger partial charge in [-0.15, -0.1) is 0 Å². The Bertz CT molecular complexity index is 2950. The summed E-state index contributed by atoms with van der Waals surface area (Å²) in [5.74, 6) is -0.943. The Labute approximate surface area is 378 Å². The molecule has 0 unspecified atom stereocenters. The molecule has 0 fully saturated rings. The number of phenols is 4. The van der Waals surface area contributed by atoms with E-state index in [1.165, 1.54) is 30.8 Å². The van der Waals surface area contributed by atoms with Crippen LogP contribution in [0.25, 0.3) is 11.1 Å². The summed E-state index contributed by atoms with van der Waals surface area (Å²) in [6, 6.07) is 25.4. The summed E-state index contributed by atoms with van der Waals surface area (Å²) in [5.41, 5.74) is 2.34. The molecule has 0 aliphatic heterocycles. The van der Waals surface area contributed by atoms with E-state index in [0.717, 1.165) is 17.8 Å². The third-order valence-electron chi connectivity index (χ3n) is 9.97. The van der Waals surface area contributed by atoms with Gasteiger partial charge in [0.2, 0.25) is 5.75 Å². The van der Waals surface area contributed by atoms with Gasteiger partial charge in [-0.05, 0) is 81.6 Å². The fourth-order valence-corrected chi connectivity index (χ4v) is 7.09. The van der Waals surface area contributed by atoms with Crippen LogP contribution in [-0.2, 0) is 10.8 Å². The van der Waals surface area contributed by atoms with Crippen LogP contribution in [-0.4, -0.2) is 55.1 Å². The topological polar surface area (TPSA) is 217 Å². The Morgan fingerprint density at radius 2 is 0.938 bits per heavy atom. The van der Waals surface area contributed by atoms with Crippen molar-refractivity contribution < 1.29 is 30.3 Å². The van der Waals surface area contributed by atoms with Gasteiger partial charge in [0.15, 0.2) is 0 Å². The van der Waals surface area contributed by atoms with Gasteiger partial charge < -0.3 is 20.4 Å². The molecule has 326 valence electrons. The molecule has 0 heterocycles.